The molecule has 0 spiro atoms. The van der Waals surface area contributed by atoms with Gasteiger partial charge in [-0.1, -0.05) is 0 Å². The molecule has 0 aromatic rings. The van der Waals surface area contributed by atoms with Gasteiger partial charge in [0.15, 0.2) is 0 Å². The van der Waals surface area contributed by atoms with Crippen LogP contribution >= 0.6 is 0 Å². The number of nitrogens with zero attached hydrogens (tertiary/aromatic N) is 3. The number of piperidine rings is 6. The molecule has 0 aromatic heterocycles. The van der Waals surface area contributed by atoms with Crippen LogP contribution in [-0.4, -0.2) is 142 Å². The summed E-state index contributed by atoms with van der Waals surface area (Å²) < 4.78 is 0. The number of aliphatic hydroxyl groups excluding tert-OH is 4. The zero-order valence-electron chi connectivity index (χ0n) is 24.4. The molecule has 7 heterocycles. The SMILES string of the molecule is CN1C2CCC1CC(O)C2.CN1CC[C@H](O)C[C@@H]1C(N)=O.NC(=O)[C@H]1C[C@@H](O)CCN1.OC1CN2CCC1CC2. The van der Waals surface area contributed by atoms with E-state index in [4.69, 9.17) is 16.6 Å². The van der Waals surface area contributed by atoms with Gasteiger partial charge in [-0.05, 0) is 104 Å². The molecule has 7 fully saturated rings. The van der Waals surface area contributed by atoms with Crippen molar-refractivity contribution in [1.82, 2.24) is 20.0 Å². The van der Waals surface area contributed by atoms with E-state index >= 15 is 0 Å². The van der Waals surface area contributed by atoms with Crippen LogP contribution in [0.1, 0.15) is 64.2 Å². The van der Waals surface area contributed by atoms with Gasteiger partial charge in [0.2, 0.25) is 11.8 Å². The maximum atomic E-state index is 10.8. The van der Waals surface area contributed by atoms with Crippen LogP contribution in [0.3, 0.4) is 0 Å². The molecule has 7 atom stereocenters. The van der Waals surface area contributed by atoms with Crippen LogP contribution in [0.2, 0.25) is 0 Å². The van der Waals surface area contributed by atoms with Crippen LogP contribution in [0, 0.1) is 5.92 Å². The fourth-order valence-corrected chi connectivity index (χ4v) is 6.83. The minimum Gasteiger partial charge on any atom is -0.393 e. The lowest BCUT2D eigenvalue weighted by Gasteiger charge is -2.42. The van der Waals surface area contributed by atoms with E-state index < -0.39 is 0 Å². The van der Waals surface area contributed by atoms with Crippen molar-refractivity contribution < 1.29 is 30.0 Å². The Kier molecular flexibility index (Phi) is 13.0. The highest BCUT2D eigenvalue weighted by Crippen LogP contribution is 2.33. The smallest absolute Gasteiger partial charge is 0.234 e. The molecular weight excluding hydrogens is 516 g/mol. The highest BCUT2D eigenvalue weighted by molar-refractivity contribution is 5.80. The summed E-state index contributed by atoms with van der Waals surface area (Å²) in [4.78, 5) is 28.0. The molecule has 12 heteroatoms. The number of hydrogen-bond donors (Lipinski definition) is 7. The lowest BCUT2D eigenvalue weighted by atomic mass is 9.86. The zero-order chi connectivity index (χ0) is 29.4. The number of nitrogens with two attached hydrogens (primary N) is 2. The molecular formula is C28H54N6O6. The molecule has 7 rings (SSSR count). The first-order chi connectivity index (χ1) is 18.9. The summed E-state index contributed by atoms with van der Waals surface area (Å²) in [7, 11) is 4.04. The van der Waals surface area contributed by atoms with E-state index in [1.807, 2.05) is 11.9 Å². The van der Waals surface area contributed by atoms with Crippen molar-refractivity contribution in [3.05, 3.63) is 0 Å². The first kappa shape index (κ1) is 33.1. The Morgan fingerprint density at radius 1 is 0.725 bits per heavy atom. The van der Waals surface area contributed by atoms with Crippen molar-refractivity contribution in [2.75, 3.05) is 46.8 Å². The van der Waals surface area contributed by atoms with E-state index in [2.05, 4.69) is 22.2 Å². The van der Waals surface area contributed by atoms with E-state index in [0.29, 0.717) is 43.8 Å². The molecule has 4 bridgehead atoms. The number of nitrogens with one attached hydrogen (secondary N) is 1. The van der Waals surface area contributed by atoms with E-state index in [0.717, 1.165) is 32.4 Å². The average molecular weight is 571 g/mol. The van der Waals surface area contributed by atoms with Gasteiger partial charge in [0, 0.05) is 25.2 Å². The first-order valence-corrected chi connectivity index (χ1v) is 15.1. The van der Waals surface area contributed by atoms with Gasteiger partial charge in [-0.25, -0.2) is 0 Å². The van der Waals surface area contributed by atoms with Gasteiger partial charge in [-0.15, -0.1) is 0 Å². The molecule has 0 radical (unpaired) electrons. The number of amides is 2. The number of primary amides is 2. The van der Waals surface area contributed by atoms with Crippen molar-refractivity contribution in [1.29, 1.82) is 0 Å². The maximum Gasteiger partial charge on any atom is 0.234 e. The third-order valence-electron chi connectivity index (χ3n) is 9.59. The standard InChI is InChI=1S/C8H15NO.C7H14N2O2.C7H13NO.C6H12N2O2/c1-9-6-2-3-7(9)5-8(10)4-6;1-9-3-2-5(10)4-6(9)7(8)11;9-7-5-8-3-1-6(7)2-4-8;7-6(10)5-3-4(9)1-2-8-5/h6-8,10H,2-5H2,1H3;5-6,10H,2-4H2,1H3,(H2,8,11);6-7,9H,1-5H2;4-5,8-9H,1-3H2,(H2,7,10)/t;5-,6+;;4-,5+/m.0.0/s1. The summed E-state index contributed by atoms with van der Waals surface area (Å²) in [6, 6.07) is 0.769. The number of carbonyl (C=O) groups excluding carboxylic acids is 2. The quantitative estimate of drug-likeness (QED) is 0.199. The lowest BCUT2D eigenvalue weighted by Crippen LogP contribution is -2.50. The second-order valence-electron chi connectivity index (χ2n) is 12.5. The minimum atomic E-state index is -0.376. The number of carbonyl (C=O) groups is 2. The van der Waals surface area contributed by atoms with Gasteiger partial charge >= 0.3 is 0 Å². The molecule has 232 valence electrons. The number of fused-ring (bicyclic) bond motifs is 5. The molecule has 2 amide bonds. The maximum absolute atomic E-state index is 10.8. The number of likely N-dealkylation sites (tertiary alicyclic amines) is 1. The Bertz CT molecular complexity index is 785. The summed E-state index contributed by atoms with van der Waals surface area (Å²) in [5, 5.41) is 39.9. The summed E-state index contributed by atoms with van der Waals surface area (Å²) in [6.45, 7) is 4.80. The van der Waals surface area contributed by atoms with Crippen molar-refractivity contribution in [3.63, 3.8) is 0 Å². The molecule has 0 aliphatic carbocycles. The van der Waals surface area contributed by atoms with Crippen molar-refractivity contribution in [2.24, 2.45) is 17.4 Å². The molecule has 12 nitrogen and oxygen atoms in total. The van der Waals surface area contributed by atoms with Gasteiger partial charge in [0.05, 0.1) is 36.5 Å². The number of rotatable bonds is 2. The fourth-order valence-electron chi connectivity index (χ4n) is 6.83. The molecule has 0 saturated carbocycles. The predicted molar refractivity (Wildman–Crippen MR) is 152 cm³/mol. The third-order valence-corrected chi connectivity index (χ3v) is 9.59. The van der Waals surface area contributed by atoms with Crippen molar-refractivity contribution in [2.45, 2.75) is 113 Å². The number of likely N-dealkylation sites (N-methyl/N-ethyl adjacent to an activating group) is 1. The topological polar surface area (TPSA) is 189 Å². The van der Waals surface area contributed by atoms with E-state index in [1.54, 1.807) is 0 Å². The van der Waals surface area contributed by atoms with Gasteiger partial charge in [-0.2, -0.15) is 0 Å². The van der Waals surface area contributed by atoms with Crippen LogP contribution in [0.25, 0.3) is 0 Å². The Labute approximate surface area is 239 Å². The van der Waals surface area contributed by atoms with Crippen molar-refractivity contribution in [3.8, 4) is 0 Å². The second-order valence-corrected chi connectivity index (χ2v) is 12.5. The first-order valence-electron chi connectivity index (χ1n) is 15.1. The third kappa shape index (κ3) is 9.87. The molecule has 7 saturated heterocycles. The zero-order valence-corrected chi connectivity index (χ0v) is 24.4. The highest BCUT2D eigenvalue weighted by atomic mass is 16.3. The van der Waals surface area contributed by atoms with E-state index in [9.17, 15) is 24.9 Å². The van der Waals surface area contributed by atoms with Crippen molar-refractivity contribution >= 4 is 11.8 Å². The Morgan fingerprint density at radius 2 is 1.32 bits per heavy atom. The second kappa shape index (κ2) is 15.7. The predicted octanol–water partition coefficient (Wildman–Crippen LogP) is -1.81. The molecule has 3 unspecified atom stereocenters. The molecule has 40 heavy (non-hydrogen) atoms. The largest absolute Gasteiger partial charge is 0.393 e. The summed E-state index contributed by atoms with van der Waals surface area (Å²) in [5.74, 6) is -0.0833. The normalized spacial score (nSPS) is 40.9. The Balaban J connectivity index is 0.000000147. The van der Waals surface area contributed by atoms with Crippen LogP contribution < -0.4 is 16.8 Å². The van der Waals surface area contributed by atoms with Crippen LogP contribution in [0.4, 0.5) is 0 Å². The Hall–Kier alpha value is -1.38. The van der Waals surface area contributed by atoms with E-state index in [1.165, 1.54) is 38.8 Å². The number of aliphatic hydroxyl groups is 4. The van der Waals surface area contributed by atoms with E-state index in [-0.39, 0.29) is 48.3 Å². The summed E-state index contributed by atoms with van der Waals surface area (Å²) in [5.41, 5.74) is 10.1. The lowest BCUT2D eigenvalue weighted by molar-refractivity contribution is -0.125. The minimum absolute atomic E-state index is 0.00583. The van der Waals surface area contributed by atoms with Gasteiger partial charge in [0.1, 0.15) is 0 Å². The van der Waals surface area contributed by atoms with Crippen LogP contribution in [-0.2, 0) is 9.59 Å². The fraction of sp³-hybridized carbons (Fsp3) is 0.929. The average Bonchev–Trinajstić information content (AvgIpc) is 3.12. The Morgan fingerprint density at radius 3 is 1.73 bits per heavy atom. The molecule has 9 N–H and O–H groups in total. The van der Waals surface area contributed by atoms with Gasteiger partial charge in [0.25, 0.3) is 0 Å². The van der Waals surface area contributed by atoms with Gasteiger partial charge < -0.3 is 47.0 Å². The van der Waals surface area contributed by atoms with Crippen LogP contribution in [0.15, 0.2) is 0 Å². The highest BCUT2D eigenvalue weighted by Gasteiger charge is 2.37. The molecule has 7 aliphatic rings. The summed E-state index contributed by atoms with van der Waals surface area (Å²) in [6.07, 6.45) is 8.72. The summed E-state index contributed by atoms with van der Waals surface area (Å²) >= 11 is 0. The molecule has 0 aromatic carbocycles. The monoisotopic (exact) mass is 570 g/mol. The molecule has 7 aliphatic heterocycles. The van der Waals surface area contributed by atoms with Crippen LogP contribution in [0.5, 0.6) is 0 Å². The number of hydrogen-bond acceptors (Lipinski definition) is 10. The van der Waals surface area contributed by atoms with Gasteiger partial charge in [-0.3, -0.25) is 14.5 Å².